The monoisotopic (exact) mass is 305 g/mol. The second kappa shape index (κ2) is 6.36. The lowest BCUT2D eigenvalue weighted by Crippen LogP contribution is -2.40. The first-order valence-corrected chi connectivity index (χ1v) is 7.63. The fraction of sp³-hybridized carbons (Fsp3) is 0.417. The Hall–Kier alpha value is -1.11. The van der Waals surface area contributed by atoms with Crippen LogP contribution in [0.1, 0.15) is 19.4 Å². The number of benzene rings is 1. The van der Waals surface area contributed by atoms with E-state index in [1.54, 1.807) is 31.2 Å². The maximum absolute atomic E-state index is 12.1. The molecule has 0 bridgehead atoms. The molecule has 0 heterocycles. The highest BCUT2D eigenvalue weighted by Gasteiger charge is 2.32. The van der Waals surface area contributed by atoms with Crippen LogP contribution in [0, 0.1) is 0 Å². The van der Waals surface area contributed by atoms with Crippen LogP contribution in [0.5, 0.6) is 0 Å². The Morgan fingerprint density at radius 2 is 2.11 bits per heavy atom. The number of halogens is 1. The van der Waals surface area contributed by atoms with Crippen LogP contribution in [0.25, 0.3) is 0 Å². The summed E-state index contributed by atoms with van der Waals surface area (Å²) in [6.07, 6.45) is 0. The van der Waals surface area contributed by atoms with Crippen molar-refractivity contribution in [1.29, 1.82) is 0 Å². The highest BCUT2D eigenvalue weighted by molar-refractivity contribution is 7.90. The van der Waals surface area contributed by atoms with Gasteiger partial charge in [0.25, 0.3) is 0 Å². The van der Waals surface area contributed by atoms with Gasteiger partial charge >= 0.3 is 5.97 Å². The lowest BCUT2D eigenvalue weighted by Gasteiger charge is -2.22. The van der Waals surface area contributed by atoms with Gasteiger partial charge in [-0.1, -0.05) is 30.7 Å². The van der Waals surface area contributed by atoms with Crippen molar-refractivity contribution in [3.8, 4) is 0 Å². The third-order valence-corrected chi connectivity index (χ3v) is 5.19. The maximum Gasteiger partial charge on any atom is 0.323 e. The van der Waals surface area contributed by atoms with Gasteiger partial charge in [-0.2, -0.15) is 4.31 Å². The van der Waals surface area contributed by atoms with Gasteiger partial charge in [0.15, 0.2) is 5.25 Å². The second-order valence-electron chi connectivity index (χ2n) is 4.08. The molecule has 1 aromatic carbocycles. The van der Waals surface area contributed by atoms with Gasteiger partial charge in [0.1, 0.15) is 0 Å². The summed E-state index contributed by atoms with van der Waals surface area (Å²) in [4.78, 5) is 10.8. The van der Waals surface area contributed by atoms with Crippen molar-refractivity contribution >= 4 is 27.6 Å². The van der Waals surface area contributed by atoms with Crippen molar-refractivity contribution in [2.45, 2.75) is 25.6 Å². The molecule has 0 radical (unpaired) electrons. The molecule has 1 aromatic rings. The molecular weight excluding hydrogens is 290 g/mol. The fourth-order valence-corrected chi connectivity index (χ4v) is 3.18. The average molecular weight is 306 g/mol. The molecule has 0 aliphatic heterocycles. The van der Waals surface area contributed by atoms with Crippen molar-refractivity contribution in [2.24, 2.45) is 0 Å². The molecule has 0 aliphatic carbocycles. The number of carboxylic acids is 1. The summed E-state index contributed by atoms with van der Waals surface area (Å²) in [5, 5.41) is 7.89. The standard InChI is InChI=1S/C12H16ClNO4S/c1-3-14(19(17,18)9(2)12(15)16)8-10-5-4-6-11(13)7-10/h4-7,9H,3,8H2,1-2H3,(H,15,16). The molecule has 0 amide bonds. The molecule has 1 rings (SSSR count). The minimum Gasteiger partial charge on any atom is -0.480 e. The highest BCUT2D eigenvalue weighted by atomic mass is 35.5. The molecule has 0 saturated carbocycles. The summed E-state index contributed by atoms with van der Waals surface area (Å²) in [6, 6.07) is 6.81. The minimum absolute atomic E-state index is 0.108. The van der Waals surface area contributed by atoms with E-state index in [1.807, 2.05) is 0 Å². The third kappa shape index (κ3) is 3.92. The zero-order valence-electron chi connectivity index (χ0n) is 10.7. The maximum atomic E-state index is 12.1. The van der Waals surface area contributed by atoms with Crippen LogP contribution in [0.3, 0.4) is 0 Å². The molecule has 0 spiro atoms. The first kappa shape index (κ1) is 15.9. The fourth-order valence-electron chi connectivity index (χ4n) is 1.57. The first-order valence-electron chi connectivity index (χ1n) is 5.75. The molecule has 0 aromatic heterocycles. The molecule has 19 heavy (non-hydrogen) atoms. The van der Waals surface area contributed by atoms with Crippen molar-refractivity contribution in [2.75, 3.05) is 6.54 Å². The van der Waals surface area contributed by atoms with E-state index < -0.39 is 21.2 Å². The molecule has 1 atom stereocenters. The summed E-state index contributed by atoms with van der Waals surface area (Å²) in [5.41, 5.74) is 0.718. The number of carbonyl (C=O) groups is 1. The van der Waals surface area contributed by atoms with Crippen LogP contribution < -0.4 is 0 Å². The van der Waals surface area contributed by atoms with Crippen molar-refractivity contribution in [3.63, 3.8) is 0 Å². The van der Waals surface area contributed by atoms with E-state index in [0.29, 0.717) is 5.02 Å². The van der Waals surface area contributed by atoms with E-state index in [0.717, 1.165) is 16.8 Å². The molecule has 106 valence electrons. The Labute approximate surface area is 117 Å². The van der Waals surface area contributed by atoms with E-state index in [1.165, 1.54) is 0 Å². The topological polar surface area (TPSA) is 74.7 Å². The number of nitrogens with zero attached hydrogens (tertiary/aromatic N) is 1. The first-order chi connectivity index (χ1) is 8.78. The molecule has 0 fully saturated rings. The van der Waals surface area contributed by atoms with Gasteiger partial charge in [-0.15, -0.1) is 0 Å². The highest BCUT2D eigenvalue weighted by Crippen LogP contribution is 2.17. The molecule has 1 N–H and O–H groups in total. The predicted molar refractivity (Wildman–Crippen MR) is 73.6 cm³/mol. The zero-order valence-corrected chi connectivity index (χ0v) is 12.3. The quantitative estimate of drug-likeness (QED) is 0.872. The van der Waals surface area contributed by atoms with Gasteiger partial charge in [-0.25, -0.2) is 8.42 Å². The Kier molecular flexibility index (Phi) is 5.34. The van der Waals surface area contributed by atoms with E-state index in [9.17, 15) is 13.2 Å². The average Bonchev–Trinajstić information content (AvgIpc) is 2.34. The Bertz CT molecular complexity index is 559. The van der Waals surface area contributed by atoms with Crippen LogP contribution in [0.15, 0.2) is 24.3 Å². The summed E-state index contributed by atoms with van der Waals surface area (Å²) < 4.78 is 25.3. The third-order valence-electron chi connectivity index (χ3n) is 2.76. The van der Waals surface area contributed by atoms with Crippen molar-refractivity contribution in [3.05, 3.63) is 34.9 Å². The van der Waals surface area contributed by atoms with E-state index in [2.05, 4.69) is 0 Å². The lowest BCUT2D eigenvalue weighted by molar-refractivity contribution is -0.136. The number of aliphatic carboxylic acids is 1. The van der Waals surface area contributed by atoms with Crippen LogP contribution in [0.4, 0.5) is 0 Å². The van der Waals surface area contributed by atoms with Gasteiger partial charge in [0, 0.05) is 18.1 Å². The normalized spacial score (nSPS) is 13.5. The Morgan fingerprint density at radius 1 is 1.47 bits per heavy atom. The second-order valence-corrected chi connectivity index (χ2v) is 6.77. The van der Waals surface area contributed by atoms with Gasteiger partial charge in [0.2, 0.25) is 10.0 Å². The van der Waals surface area contributed by atoms with Crippen LogP contribution in [-0.2, 0) is 21.4 Å². The van der Waals surface area contributed by atoms with Gasteiger partial charge < -0.3 is 5.11 Å². The lowest BCUT2D eigenvalue weighted by atomic mass is 10.2. The molecular formula is C12H16ClNO4S. The van der Waals surface area contributed by atoms with Crippen molar-refractivity contribution in [1.82, 2.24) is 4.31 Å². The number of rotatable bonds is 6. The predicted octanol–water partition coefficient (Wildman–Crippen LogP) is 1.96. The number of sulfonamides is 1. The number of hydrogen-bond donors (Lipinski definition) is 1. The zero-order chi connectivity index (χ0) is 14.6. The smallest absolute Gasteiger partial charge is 0.323 e. The summed E-state index contributed by atoms with van der Waals surface area (Å²) >= 11 is 5.84. The summed E-state index contributed by atoms with van der Waals surface area (Å²) in [5.74, 6) is -1.36. The minimum atomic E-state index is -3.87. The molecule has 1 unspecified atom stereocenters. The summed E-state index contributed by atoms with van der Waals surface area (Å²) in [6.45, 7) is 3.14. The van der Waals surface area contributed by atoms with Gasteiger partial charge in [0.05, 0.1) is 0 Å². The van der Waals surface area contributed by atoms with Crippen LogP contribution >= 0.6 is 11.6 Å². The van der Waals surface area contributed by atoms with E-state index in [4.69, 9.17) is 16.7 Å². The summed E-state index contributed by atoms with van der Waals surface area (Å²) in [7, 11) is -3.87. The van der Waals surface area contributed by atoms with Gasteiger partial charge in [-0.05, 0) is 24.6 Å². The molecule has 0 saturated heterocycles. The van der Waals surface area contributed by atoms with Crippen LogP contribution in [-0.4, -0.2) is 35.6 Å². The largest absolute Gasteiger partial charge is 0.480 e. The molecule has 5 nitrogen and oxygen atoms in total. The van der Waals surface area contributed by atoms with Crippen LogP contribution in [0.2, 0.25) is 5.02 Å². The Balaban J connectivity index is 2.99. The molecule has 7 heteroatoms. The number of hydrogen-bond acceptors (Lipinski definition) is 3. The number of carboxylic acid groups (broad SMARTS) is 1. The molecule has 0 aliphatic rings. The van der Waals surface area contributed by atoms with E-state index >= 15 is 0 Å². The Morgan fingerprint density at radius 3 is 2.58 bits per heavy atom. The van der Waals surface area contributed by atoms with Gasteiger partial charge in [-0.3, -0.25) is 4.79 Å². The van der Waals surface area contributed by atoms with E-state index in [-0.39, 0.29) is 13.1 Å². The SMILES string of the molecule is CCN(Cc1cccc(Cl)c1)S(=O)(=O)C(C)C(=O)O. The van der Waals surface area contributed by atoms with Crippen molar-refractivity contribution < 1.29 is 18.3 Å².